The molecule has 0 aromatic carbocycles. The molecule has 0 unspecified atom stereocenters. The summed E-state index contributed by atoms with van der Waals surface area (Å²) >= 11 is 1.72. The molecule has 0 aliphatic rings. The average Bonchev–Trinajstić information content (AvgIpc) is 1.86. The topological polar surface area (TPSA) is 17.8 Å². The van der Waals surface area contributed by atoms with E-state index in [0.717, 1.165) is 0 Å². The van der Waals surface area contributed by atoms with E-state index in [1.54, 1.807) is 11.5 Å². The van der Waals surface area contributed by atoms with Crippen LogP contribution in [0.1, 0.15) is 0 Å². The molecule has 0 fully saturated rings. The molecule has 0 amide bonds. The van der Waals surface area contributed by atoms with Crippen molar-refractivity contribution in [3.8, 4) is 0 Å². The second-order valence-electron chi connectivity index (χ2n) is 1.93. The van der Waals surface area contributed by atoms with Gasteiger partial charge in [0.1, 0.15) is 0 Å². The van der Waals surface area contributed by atoms with Gasteiger partial charge in [0.05, 0.1) is 10.2 Å². The van der Waals surface area contributed by atoms with E-state index in [1.165, 1.54) is 10.2 Å². The first-order valence-corrected chi connectivity index (χ1v) is 3.51. The van der Waals surface area contributed by atoms with Crippen molar-refractivity contribution in [3.05, 3.63) is 18.5 Å². The predicted octanol–water partition coefficient (Wildman–Crippen LogP) is 1.63. The molecule has 0 aliphatic heterocycles. The van der Waals surface area contributed by atoms with E-state index in [0.29, 0.717) is 0 Å². The van der Waals surface area contributed by atoms with Gasteiger partial charge in [-0.05, 0) is 6.07 Å². The Bertz CT molecular complexity index is 320. The lowest BCUT2D eigenvalue weighted by atomic mass is 10.4. The predicted molar refractivity (Wildman–Crippen MR) is 38.6 cm³/mol. The monoisotopic (exact) mass is 138 g/mol. The largest absolute Gasteiger partial charge is 0.299 e. The molecular weight excluding hydrogens is 132 g/mol. The van der Waals surface area contributed by atoms with Crippen LogP contribution in [0.4, 0.5) is 0 Å². The first-order valence-electron chi connectivity index (χ1n) is 2.73. The average molecular weight is 138 g/mol. The van der Waals surface area contributed by atoms with Gasteiger partial charge in [-0.1, -0.05) is 11.5 Å². The highest BCUT2D eigenvalue weighted by atomic mass is 32.1. The Kier molecular flexibility index (Phi) is 0.873. The van der Waals surface area contributed by atoms with Gasteiger partial charge in [-0.25, -0.2) is 0 Å². The molecule has 2 heterocycles. The summed E-state index contributed by atoms with van der Waals surface area (Å²) < 4.78 is 3.40. The highest BCUT2D eigenvalue weighted by molar-refractivity contribution is 7.16. The molecule has 0 aliphatic carbocycles. The standard InChI is InChI=1S/C6H6N2S/c1-8-5-2-3-7-4-6(5)9-8/h2-4H,1H3. The lowest BCUT2D eigenvalue weighted by molar-refractivity contribution is 1.06. The van der Waals surface area contributed by atoms with Gasteiger partial charge in [0.25, 0.3) is 0 Å². The van der Waals surface area contributed by atoms with Crippen molar-refractivity contribution in [1.82, 2.24) is 8.94 Å². The van der Waals surface area contributed by atoms with Crippen LogP contribution in [-0.4, -0.2) is 8.94 Å². The van der Waals surface area contributed by atoms with Crippen LogP contribution in [-0.2, 0) is 7.05 Å². The van der Waals surface area contributed by atoms with Crippen molar-refractivity contribution in [2.24, 2.45) is 7.05 Å². The fourth-order valence-electron chi connectivity index (χ4n) is 0.861. The Morgan fingerprint density at radius 2 is 2.56 bits per heavy atom. The second kappa shape index (κ2) is 1.57. The molecule has 0 radical (unpaired) electrons. The number of hydrogen-bond donors (Lipinski definition) is 0. The van der Waals surface area contributed by atoms with E-state index in [2.05, 4.69) is 8.94 Å². The minimum Gasteiger partial charge on any atom is -0.299 e. The molecule has 3 heteroatoms. The molecular formula is C6H6N2S. The van der Waals surface area contributed by atoms with E-state index in [4.69, 9.17) is 0 Å². The van der Waals surface area contributed by atoms with Crippen LogP contribution in [0.5, 0.6) is 0 Å². The smallest absolute Gasteiger partial charge is 0.0871 e. The molecule has 0 N–H and O–H groups in total. The third-order valence-electron chi connectivity index (χ3n) is 1.34. The Labute approximate surface area is 56.9 Å². The number of aromatic nitrogens is 2. The maximum Gasteiger partial charge on any atom is 0.0871 e. The molecule has 46 valence electrons. The number of hydrogen-bond acceptors (Lipinski definition) is 2. The Morgan fingerprint density at radius 3 is 3.11 bits per heavy atom. The van der Waals surface area contributed by atoms with Crippen molar-refractivity contribution in [2.45, 2.75) is 0 Å². The zero-order valence-corrected chi connectivity index (χ0v) is 5.85. The number of pyridine rings is 1. The summed E-state index contributed by atoms with van der Waals surface area (Å²) in [6, 6.07) is 2.02. The maximum absolute atomic E-state index is 3.98. The summed E-state index contributed by atoms with van der Waals surface area (Å²) in [5, 5.41) is 0. The first kappa shape index (κ1) is 4.99. The van der Waals surface area contributed by atoms with Crippen molar-refractivity contribution >= 4 is 21.7 Å². The summed E-state index contributed by atoms with van der Waals surface area (Å²) in [5.74, 6) is 0. The van der Waals surface area contributed by atoms with E-state index in [1.807, 2.05) is 25.5 Å². The lowest BCUT2D eigenvalue weighted by Crippen LogP contribution is -1.91. The second-order valence-corrected chi connectivity index (χ2v) is 3.10. The van der Waals surface area contributed by atoms with E-state index < -0.39 is 0 Å². The van der Waals surface area contributed by atoms with Crippen LogP contribution < -0.4 is 0 Å². The van der Waals surface area contributed by atoms with Crippen molar-refractivity contribution < 1.29 is 0 Å². The van der Waals surface area contributed by atoms with Crippen molar-refractivity contribution in [3.63, 3.8) is 0 Å². The van der Waals surface area contributed by atoms with Gasteiger partial charge < -0.3 is 0 Å². The maximum atomic E-state index is 3.98. The lowest BCUT2D eigenvalue weighted by Gasteiger charge is -2.06. The summed E-state index contributed by atoms with van der Waals surface area (Å²) in [7, 11) is 2.05. The van der Waals surface area contributed by atoms with Gasteiger partial charge in [0.15, 0.2) is 0 Å². The van der Waals surface area contributed by atoms with Crippen LogP contribution in [0.15, 0.2) is 18.5 Å². The Balaban J connectivity index is 2.81. The van der Waals surface area contributed by atoms with Gasteiger partial charge >= 0.3 is 0 Å². The van der Waals surface area contributed by atoms with Crippen molar-refractivity contribution in [2.75, 3.05) is 0 Å². The van der Waals surface area contributed by atoms with Crippen LogP contribution in [0.25, 0.3) is 10.2 Å². The van der Waals surface area contributed by atoms with Crippen molar-refractivity contribution in [1.29, 1.82) is 0 Å². The van der Waals surface area contributed by atoms with Gasteiger partial charge in [-0.3, -0.25) is 8.94 Å². The fraction of sp³-hybridized carbons (Fsp3) is 0.167. The molecule has 0 bridgehead atoms. The number of fused-ring (bicyclic) bond motifs is 1. The molecule has 0 spiro atoms. The number of rotatable bonds is 0. The molecule has 0 saturated heterocycles. The minimum absolute atomic E-state index is 1.28. The van der Waals surface area contributed by atoms with Crippen LogP contribution >= 0.6 is 11.5 Å². The molecule has 0 atom stereocenters. The molecule has 2 nitrogen and oxygen atoms in total. The Hall–Kier alpha value is -0.830. The quantitative estimate of drug-likeness (QED) is 0.541. The van der Waals surface area contributed by atoms with E-state index >= 15 is 0 Å². The van der Waals surface area contributed by atoms with Gasteiger partial charge in [0, 0.05) is 19.4 Å². The van der Waals surface area contributed by atoms with E-state index in [-0.39, 0.29) is 0 Å². The zero-order valence-electron chi connectivity index (χ0n) is 5.03. The number of nitrogens with zero attached hydrogens (tertiary/aromatic N) is 2. The molecule has 2 rings (SSSR count). The van der Waals surface area contributed by atoms with Gasteiger partial charge in [0.2, 0.25) is 0 Å². The Morgan fingerprint density at radius 1 is 1.67 bits per heavy atom. The zero-order chi connectivity index (χ0) is 6.27. The third kappa shape index (κ3) is 0.580. The summed E-state index contributed by atoms with van der Waals surface area (Å²) in [6.45, 7) is 0. The summed E-state index contributed by atoms with van der Waals surface area (Å²) in [5.41, 5.74) is 1.29. The molecule has 2 aromatic rings. The molecule has 0 saturated carbocycles. The van der Waals surface area contributed by atoms with E-state index in [9.17, 15) is 0 Å². The summed E-state index contributed by atoms with van der Waals surface area (Å²) in [4.78, 5) is 3.98. The third-order valence-corrected chi connectivity index (χ3v) is 2.32. The minimum atomic E-state index is 1.28. The normalized spacial score (nSPS) is 10.8. The summed E-state index contributed by atoms with van der Waals surface area (Å²) in [6.07, 6.45) is 3.70. The van der Waals surface area contributed by atoms with Gasteiger partial charge in [-0.15, -0.1) is 0 Å². The highest BCUT2D eigenvalue weighted by Gasteiger charge is 1.98. The number of aryl methyl sites for hydroxylation is 1. The highest BCUT2D eigenvalue weighted by Crippen LogP contribution is 2.21. The van der Waals surface area contributed by atoms with Crippen LogP contribution in [0, 0.1) is 0 Å². The first-order chi connectivity index (χ1) is 4.38. The van der Waals surface area contributed by atoms with Crippen LogP contribution in [0.2, 0.25) is 0 Å². The SMILES string of the molecule is Cn1sc2cnccc21. The van der Waals surface area contributed by atoms with Gasteiger partial charge in [-0.2, -0.15) is 0 Å². The fourth-order valence-corrected chi connectivity index (χ4v) is 1.69. The molecule has 2 aromatic heterocycles. The molecule has 9 heavy (non-hydrogen) atoms. The van der Waals surface area contributed by atoms with Crippen LogP contribution in [0.3, 0.4) is 0 Å².